The molecule has 0 aromatic heterocycles. The van der Waals surface area contributed by atoms with Crippen molar-refractivity contribution >= 4 is 36.0 Å². The van der Waals surface area contributed by atoms with Crippen molar-refractivity contribution in [3.8, 4) is 11.5 Å². The minimum Gasteiger partial charge on any atom is -0.478 e. The highest BCUT2D eigenvalue weighted by molar-refractivity contribution is 5.85. The summed E-state index contributed by atoms with van der Waals surface area (Å²) < 4.78 is 10.6. The first-order valence-electron chi connectivity index (χ1n) is 11.8. The van der Waals surface area contributed by atoms with Crippen LogP contribution in [0.4, 0.5) is 0 Å². The summed E-state index contributed by atoms with van der Waals surface area (Å²) in [5.74, 6) is -1.83. The third-order valence-electron chi connectivity index (χ3n) is 5.07. The van der Waals surface area contributed by atoms with E-state index in [1.165, 1.54) is 12.2 Å². The van der Waals surface area contributed by atoms with Gasteiger partial charge >= 0.3 is 23.9 Å². The second-order valence-corrected chi connectivity index (χ2v) is 8.05. The summed E-state index contributed by atoms with van der Waals surface area (Å²) in [4.78, 5) is 45.0. The smallest absolute Gasteiger partial charge is 0.328 e. The van der Waals surface area contributed by atoms with Crippen LogP contribution < -0.4 is 9.47 Å². The predicted octanol–water partition coefficient (Wildman–Crippen LogP) is 5.51. The van der Waals surface area contributed by atoms with Crippen molar-refractivity contribution in [1.29, 1.82) is 0 Å². The molecular formula is C28H30O8. The Hall–Kier alpha value is -4.20. The van der Waals surface area contributed by atoms with Crippen LogP contribution in [0.15, 0.2) is 60.7 Å². The zero-order chi connectivity index (χ0) is 26.2. The van der Waals surface area contributed by atoms with Crippen LogP contribution in [0.3, 0.4) is 0 Å². The van der Waals surface area contributed by atoms with E-state index in [1.807, 2.05) is 0 Å². The molecule has 0 saturated heterocycles. The molecule has 2 N–H and O–H groups in total. The Balaban J connectivity index is 1.51. The Morgan fingerprint density at radius 3 is 1.22 bits per heavy atom. The summed E-state index contributed by atoms with van der Waals surface area (Å²) in [6.07, 6.45) is 10.8. The van der Waals surface area contributed by atoms with Crippen molar-refractivity contribution in [1.82, 2.24) is 0 Å². The molecule has 2 rings (SSSR count). The van der Waals surface area contributed by atoms with E-state index < -0.39 is 11.9 Å². The van der Waals surface area contributed by atoms with Gasteiger partial charge in [-0.1, -0.05) is 49.9 Å². The lowest BCUT2D eigenvalue weighted by Crippen LogP contribution is -2.07. The predicted molar refractivity (Wildman–Crippen MR) is 134 cm³/mol. The topological polar surface area (TPSA) is 127 Å². The number of rotatable bonds is 15. The number of hydrogen-bond acceptors (Lipinski definition) is 6. The molecule has 0 aliphatic carbocycles. The van der Waals surface area contributed by atoms with Crippen molar-refractivity contribution in [2.45, 2.75) is 51.4 Å². The fourth-order valence-corrected chi connectivity index (χ4v) is 3.24. The minimum atomic E-state index is -1.03. The lowest BCUT2D eigenvalue weighted by Gasteiger charge is -2.06. The van der Waals surface area contributed by atoms with Gasteiger partial charge in [-0.05, 0) is 60.4 Å². The van der Waals surface area contributed by atoms with Gasteiger partial charge in [-0.15, -0.1) is 0 Å². The number of carbonyl (C=O) groups excluding carboxylic acids is 2. The molecular weight excluding hydrogens is 464 g/mol. The van der Waals surface area contributed by atoms with E-state index in [2.05, 4.69) is 0 Å². The minimum absolute atomic E-state index is 0.308. The number of unbranched alkanes of at least 4 members (excludes halogenated alkanes) is 5. The molecule has 0 unspecified atom stereocenters. The van der Waals surface area contributed by atoms with Crippen LogP contribution in [0.25, 0.3) is 12.2 Å². The summed E-state index contributed by atoms with van der Waals surface area (Å²) in [5, 5.41) is 17.3. The molecule has 8 heteroatoms. The summed E-state index contributed by atoms with van der Waals surface area (Å²) in [5.41, 5.74) is 1.40. The van der Waals surface area contributed by atoms with Gasteiger partial charge in [-0.2, -0.15) is 0 Å². The van der Waals surface area contributed by atoms with Crippen molar-refractivity contribution in [3.63, 3.8) is 0 Å². The van der Waals surface area contributed by atoms with Crippen molar-refractivity contribution in [2.24, 2.45) is 0 Å². The second-order valence-electron chi connectivity index (χ2n) is 8.05. The van der Waals surface area contributed by atoms with Gasteiger partial charge in [0.2, 0.25) is 0 Å². The van der Waals surface area contributed by atoms with E-state index >= 15 is 0 Å². The quantitative estimate of drug-likeness (QED) is 0.143. The van der Waals surface area contributed by atoms with Gasteiger partial charge in [0.15, 0.2) is 0 Å². The van der Waals surface area contributed by atoms with E-state index in [0.29, 0.717) is 35.5 Å². The molecule has 0 aliphatic rings. The van der Waals surface area contributed by atoms with E-state index in [1.54, 1.807) is 48.5 Å². The molecule has 2 aromatic carbocycles. The van der Waals surface area contributed by atoms with E-state index in [9.17, 15) is 19.2 Å². The lowest BCUT2D eigenvalue weighted by molar-refractivity contribution is -0.135. The molecule has 36 heavy (non-hydrogen) atoms. The van der Waals surface area contributed by atoms with E-state index in [0.717, 1.165) is 50.7 Å². The van der Waals surface area contributed by atoms with Crippen LogP contribution >= 0.6 is 0 Å². The van der Waals surface area contributed by atoms with Gasteiger partial charge in [0.05, 0.1) is 0 Å². The average Bonchev–Trinajstić information content (AvgIpc) is 2.84. The third-order valence-corrected chi connectivity index (χ3v) is 5.07. The molecule has 0 fully saturated rings. The number of carboxylic acids is 2. The average molecular weight is 495 g/mol. The summed E-state index contributed by atoms with van der Waals surface area (Å²) in [6.45, 7) is 0. The highest BCUT2D eigenvalue weighted by Gasteiger charge is 2.06. The Morgan fingerprint density at radius 2 is 0.889 bits per heavy atom. The number of esters is 2. The molecule has 0 saturated carbocycles. The maximum absolute atomic E-state index is 12.0. The van der Waals surface area contributed by atoms with Crippen molar-refractivity contribution in [2.75, 3.05) is 0 Å². The fourth-order valence-electron chi connectivity index (χ4n) is 3.24. The molecule has 0 radical (unpaired) electrons. The molecule has 0 heterocycles. The summed E-state index contributed by atoms with van der Waals surface area (Å²) in [7, 11) is 0. The van der Waals surface area contributed by atoms with Gasteiger partial charge in [0.1, 0.15) is 11.5 Å². The highest BCUT2D eigenvalue weighted by Crippen LogP contribution is 2.17. The molecule has 0 aliphatic heterocycles. The van der Waals surface area contributed by atoms with Gasteiger partial charge < -0.3 is 19.7 Å². The zero-order valence-corrected chi connectivity index (χ0v) is 19.9. The Kier molecular flexibility index (Phi) is 12.2. The first-order valence-corrected chi connectivity index (χ1v) is 11.8. The molecule has 2 aromatic rings. The van der Waals surface area contributed by atoms with Gasteiger partial charge in [-0.25, -0.2) is 9.59 Å². The fraction of sp³-hybridized carbons (Fsp3) is 0.286. The first kappa shape index (κ1) is 28.0. The Labute approximate surface area is 209 Å². The third kappa shape index (κ3) is 12.3. The first-order chi connectivity index (χ1) is 17.3. The molecule has 0 amide bonds. The highest BCUT2D eigenvalue weighted by atomic mass is 16.5. The molecule has 0 bridgehead atoms. The Morgan fingerprint density at radius 1 is 0.556 bits per heavy atom. The van der Waals surface area contributed by atoms with Gasteiger partial charge in [-0.3, -0.25) is 9.59 Å². The number of ether oxygens (including phenoxy) is 2. The number of carbonyl (C=O) groups is 4. The maximum Gasteiger partial charge on any atom is 0.328 e. The van der Waals surface area contributed by atoms with Gasteiger partial charge in [0, 0.05) is 25.0 Å². The number of carboxylic acid groups (broad SMARTS) is 2. The van der Waals surface area contributed by atoms with Crippen LogP contribution in [0.2, 0.25) is 0 Å². The summed E-state index contributed by atoms with van der Waals surface area (Å²) in [6, 6.07) is 13.2. The van der Waals surface area contributed by atoms with Crippen LogP contribution in [0.5, 0.6) is 11.5 Å². The number of hydrogen-bond donors (Lipinski definition) is 2. The maximum atomic E-state index is 12.0. The SMILES string of the molecule is O=C(O)/C=C/c1ccc(OC(=O)CCCCCCCCC(=O)Oc2ccc(/C=C/C(=O)O)cc2)cc1. The normalized spacial score (nSPS) is 11.0. The van der Waals surface area contributed by atoms with Gasteiger partial charge in [0.25, 0.3) is 0 Å². The number of aliphatic carboxylic acids is 2. The van der Waals surface area contributed by atoms with Crippen molar-refractivity contribution < 1.29 is 38.9 Å². The molecule has 0 spiro atoms. The van der Waals surface area contributed by atoms with Crippen LogP contribution in [-0.4, -0.2) is 34.1 Å². The van der Waals surface area contributed by atoms with E-state index in [4.69, 9.17) is 19.7 Å². The zero-order valence-electron chi connectivity index (χ0n) is 19.9. The molecule has 0 atom stereocenters. The monoisotopic (exact) mass is 494 g/mol. The van der Waals surface area contributed by atoms with Crippen LogP contribution in [-0.2, 0) is 19.2 Å². The number of benzene rings is 2. The van der Waals surface area contributed by atoms with Crippen LogP contribution in [0.1, 0.15) is 62.5 Å². The van der Waals surface area contributed by atoms with Crippen molar-refractivity contribution in [3.05, 3.63) is 71.8 Å². The largest absolute Gasteiger partial charge is 0.478 e. The van der Waals surface area contributed by atoms with E-state index in [-0.39, 0.29) is 11.9 Å². The van der Waals surface area contributed by atoms with Crippen LogP contribution in [0, 0.1) is 0 Å². The molecule has 8 nitrogen and oxygen atoms in total. The second kappa shape index (κ2) is 15.7. The summed E-state index contributed by atoms with van der Waals surface area (Å²) >= 11 is 0. The molecule has 190 valence electrons. The Bertz CT molecular complexity index is 978. The standard InChI is InChI=1S/C28H30O8/c29-25(30)19-13-21-9-15-23(16-10-21)35-27(33)7-5-3-1-2-4-6-8-28(34)36-24-17-11-22(12-18-24)14-20-26(31)32/h9-20H,1-8H2,(H,29,30)(H,31,32)/b19-13+,20-14+. The lowest BCUT2D eigenvalue weighted by atomic mass is 10.1.